The number of nitrogens with one attached hydrogen (secondary N) is 1. The molecule has 0 bridgehead atoms. The Labute approximate surface area is 130 Å². The van der Waals surface area contributed by atoms with E-state index in [0.29, 0.717) is 5.75 Å². The van der Waals surface area contributed by atoms with Crippen LogP contribution in [0, 0.1) is 0 Å². The fourth-order valence-corrected chi connectivity index (χ4v) is 2.45. The van der Waals surface area contributed by atoms with Crippen molar-refractivity contribution in [1.29, 1.82) is 0 Å². The number of benzene rings is 2. The number of rotatable bonds is 4. The summed E-state index contributed by atoms with van der Waals surface area (Å²) in [6.07, 6.45) is 0.428. The van der Waals surface area contributed by atoms with Crippen LogP contribution in [0.2, 0.25) is 0 Å². The third kappa shape index (κ3) is 3.22. The lowest BCUT2D eigenvalue weighted by Gasteiger charge is -2.30. The van der Waals surface area contributed by atoms with Crippen molar-refractivity contribution in [2.75, 3.05) is 7.05 Å². The molecule has 116 valence electrons. The third-order valence-electron chi connectivity index (χ3n) is 4.12. The fraction of sp³-hybridized carbons (Fsp3) is 0.278. The molecule has 22 heavy (non-hydrogen) atoms. The van der Waals surface area contributed by atoms with Crippen molar-refractivity contribution in [2.45, 2.75) is 25.7 Å². The van der Waals surface area contributed by atoms with Crippen LogP contribution in [0.5, 0.6) is 11.5 Å². The van der Waals surface area contributed by atoms with Gasteiger partial charge in [0.1, 0.15) is 11.5 Å². The number of ether oxygens (including phenoxy) is 1. The van der Waals surface area contributed by atoms with Crippen LogP contribution in [0.15, 0.2) is 48.5 Å². The second-order valence-corrected chi connectivity index (χ2v) is 5.40. The van der Waals surface area contributed by atoms with Gasteiger partial charge in [-0.15, -0.1) is 0 Å². The molecule has 0 aromatic heterocycles. The van der Waals surface area contributed by atoms with Crippen molar-refractivity contribution in [1.82, 2.24) is 5.32 Å². The Morgan fingerprint density at radius 1 is 1.09 bits per heavy atom. The smallest absolute Gasteiger partial charge is 0.412 e. The van der Waals surface area contributed by atoms with E-state index < -0.39 is 6.09 Å². The van der Waals surface area contributed by atoms with E-state index in [4.69, 9.17) is 4.74 Å². The largest absolute Gasteiger partial charge is 0.508 e. The summed E-state index contributed by atoms with van der Waals surface area (Å²) in [6, 6.07) is 14.8. The normalized spacial score (nSPS) is 13.2. The van der Waals surface area contributed by atoms with E-state index in [1.807, 2.05) is 24.3 Å². The number of phenols is 1. The molecule has 0 spiro atoms. The number of amides is 1. The third-order valence-corrected chi connectivity index (χ3v) is 4.12. The van der Waals surface area contributed by atoms with E-state index in [-0.39, 0.29) is 11.2 Å². The highest BCUT2D eigenvalue weighted by molar-refractivity contribution is 5.69. The highest BCUT2D eigenvalue weighted by Crippen LogP contribution is 2.36. The second-order valence-electron chi connectivity index (χ2n) is 5.40. The van der Waals surface area contributed by atoms with Gasteiger partial charge in [0, 0.05) is 12.5 Å². The highest BCUT2D eigenvalue weighted by atomic mass is 16.5. The van der Waals surface area contributed by atoms with Crippen molar-refractivity contribution in [3.05, 3.63) is 59.7 Å². The first-order chi connectivity index (χ1) is 10.5. The average Bonchev–Trinajstić information content (AvgIpc) is 2.55. The summed E-state index contributed by atoms with van der Waals surface area (Å²) in [7, 11) is 1.52. The van der Waals surface area contributed by atoms with Crippen LogP contribution < -0.4 is 10.1 Å². The molecule has 0 heterocycles. The zero-order valence-corrected chi connectivity index (χ0v) is 13.1. The monoisotopic (exact) mass is 299 g/mol. The minimum Gasteiger partial charge on any atom is -0.508 e. The minimum absolute atomic E-state index is 0.167. The van der Waals surface area contributed by atoms with Crippen LogP contribution in [0.25, 0.3) is 0 Å². The molecular weight excluding hydrogens is 278 g/mol. The second kappa shape index (κ2) is 6.52. The maximum absolute atomic E-state index is 11.2. The van der Waals surface area contributed by atoms with Crippen molar-refractivity contribution in [3.8, 4) is 11.5 Å². The van der Waals surface area contributed by atoms with Gasteiger partial charge in [-0.1, -0.05) is 38.1 Å². The van der Waals surface area contributed by atoms with Gasteiger partial charge in [-0.3, -0.25) is 0 Å². The molecule has 1 amide bonds. The summed E-state index contributed by atoms with van der Waals surface area (Å²) >= 11 is 0. The van der Waals surface area contributed by atoms with Crippen molar-refractivity contribution < 1.29 is 14.6 Å². The average molecular weight is 299 g/mol. The summed E-state index contributed by atoms with van der Waals surface area (Å²) in [6.45, 7) is 4.29. The van der Waals surface area contributed by atoms with Gasteiger partial charge in [0.15, 0.2) is 0 Å². The fourth-order valence-electron chi connectivity index (χ4n) is 2.45. The predicted molar refractivity (Wildman–Crippen MR) is 86.4 cm³/mol. The maximum atomic E-state index is 11.2. The first-order valence-corrected chi connectivity index (χ1v) is 7.29. The quantitative estimate of drug-likeness (QED) is 0.902. The lowest BCUT2D eigenvalue weighted by molar-refractivity contribution is 0.203. The predicted octanol–water partition coefficient (Wildman–Crippen LogP) is 3.83. The molecule has 2 rings (SSSR count). The molecule has 4 nitrogen and oxygen atoms in total. The molecule has 1 unspecified atom stereocenters. The molecule has 0 radical (unpaired) electrons. The minimum atomic E-state index is -0.482. The van der Waals surface area contributed by atoms with Crippen LogP contribution in [0.1, 0.15) is 31.4 Å². The zero-order chi connectivity index (χ0) is 16.2. The van der Waals surface area contributed by atoms with E-state index in [0.717, 1.165) is 17.5 Å². The molecule has 2 aromatic carbocycles. The Morgan fingerprint density at radius 3 is 2.05 bits per heavy atom. The first kappa shape index (κ1) is 15.9. The number of phenolic OH excluding ortho intramolecular Hbond substituents is 1. The van der Waals surface area contributed by atoms with Gasteiger partial charge in [0.25, 0.3) is 0 Å². The maximum Gasteiger partial charge on any atom is 0.412 e. The van der Waals surface area contributed by atoms with Crippen LogP contribution in [-0.4, -0.2) is 18.2 Å². The Kier molecular flexibility index (Phi) is 4.71. The Bertz CT molecular complexity index is 634. The van der Waals surface area contributed by atoms with Crippen LogP contribution in [-0.2, 0) is 5.41 Å². The van der Waals surface area contributed by atoms with Crippen molar-refractivity contribution in [3.63, 3.8) is 0 Å². The number of hydrogen-bond donors (Lipinski definition) is 2. The molecule has 4 heteroatoms. The van der Waals surface area contributed by atoms with Gasteiger partial charge in [0.05, 0.1) is 0 Å². The standard InChI is InChI=1S/C18H21NO3/c1-4-18(2,13-5-9-15(20)10-6-13)14-7-11-16(12-8-14)22-17(21)19-3/h5-12,20H,4H2,1-3H3,(H,19,21). The Balaban J connectivity index is 2.30. The van der Waals surface area contributed by atoms with E-state index in [2.05, 4.69) is 19.2 Å². The SMILES string of the molecule is CCC(C)(c1ccc(O)cc1)c1ccc(OC(=O)NC)cc1. The molecule has 2 N–H and O–H groups in total. The van der Waals surface area contributed by atoms with Crippen LogP contribution in [0.4, 0.5) is 4.79 Å². The van der Waals surface area contributed by atoms with Crippen molar-refractivity contribution >= 4 is 6.09 Å². The van der Waals surface area contributed by atoms with Gasteiger partial charge in [0.2, 0.25) is 0 Å². The number of carbonyl (C=O) groups excluding carboxylic acids is 1. The van der Waals surface area contributed by atoms with E-state index in [9.17, 15) is 9.90 Å². The highest BCUT2D eigenvalue weighted by Gasteiger charge is 2.26. The molecule has 0 aliphatic rings. The lowest BCUT2D eigenvalue weighted by atomic mass is 9.74. The summed E-state index contributed by atoms with van der Waals surface area (Å²) in [5, 5.41) is 11.9. The van der Waals surface area contributed by atoms with Crippen LogP contribution >= 0.6 is 0 Å². The van der Waals surface area contributed by atoms with E-state index >= 15 is 0 Å². The lowest BCUT2D eigenvalue weighted by Crippen LogP contribution is -2.23. The Morgan fingerprint density at radius 2 is 1.59 bits per heavy atom. The molecule has 0 fully saturated rings. The summed E-state index contributed by atoms with van der Waals surface area (Å²) < 4.78 is 5.10. The number of hydrogen-bond acceptors (Lipinski definition) is 3. The summed E-state index contributed by atoms with van der Waals surface area (Å²) in [5.74, 6) is 0.767. The molecule has 2 aromatic rings. The molecule has 0 saturated carbocycles. The van der Waals surface area contributed by atoms with Gasteiger partial charge in [-0.25, -0.2) is 4.79 Å². The Hall–Kier alpha value is -2.49. The van der Waals surface area contributed by atoms with E-state index in [1.54, 1.807) is 24.3 Å². The molecule has 0 aliphatic carbocycles. The molecule has 1 atom stereocenters. The van der Waals surface area contributed by atoms with Gasteiger partial charge in [-0.05, 0) is 41.8 Å². The summed E-state index contributed by atoms with van der Waals surface area (Å²) in [5.41, 5.74) is 2.09. The van der Waals surface area contributed by atoms with Gasteiger partial charge >= 0.3 is 6.09 Å². The van der Waals surface area contributed by atoms with Crippen LogP contribution in [0.3, 0.4) is 0 Å². The molecule has 0 aliphatic heterocycles. The molecule has 0 saturated heterocycles. The topological polar surface area (TPSA) is 58.6 Å². The van der Waals surface area contributed by atoms with Crippen molar-refractivity contribution in [2.24, 2.45) is 0 Å². The summed E-state index contributed by atoms with van der Waals surface area (Å²) in [4.78, 5) is 11.2. The first-order valence-electron chi connectivity index (χ1n) is 7.29. The zero-order valence-electron chi connectivity index (χ0n) is 13.1. The van der Waals surface area contributed by atoms with E-state index in [1.165, 1.54) is 7.05 Å². The van der Waals surface area contributed by atoms with Gasteiger partial charge < -0.3 is 15.2 Å². The molecular formula is C18H21NO3. The van der Waals surface area contributed by atoms with Gasteiger partial charge in [-0.2, -0.15) is 0 Å². The number of carbonyl (C=O) groups is 1. The number of aromatic hydroxyl groups is 1.